The molecule has 0 bridgehead atoms. The zero-order valence-electron chi connectivity index (χ0n) is 18.3. The van der Waals surface area contributed by atoms with Gasteiger partial charge < -0.3 is 9.73 Å². The van der Waals surface area contributed by atoms with E-state index in [9.17, 15) is 4.79 Å². The Bertz CT molecular complexity index is 1590. The molecule has 0 aliphatic carbocycles. The lowest BCUT2D eigenvalue weighted by molar-refractivity contribution is -0.111. The maximum absolute atomic E-state index is 12.6. The first kappa shape index (κ1) is 23.2. The maximum atomic E-state index is 12.6. The average Bonchev–Trinajstić information content (AvgIpc) is 3.47. The fraction of sp³-hybridized carbons (Fsp3) is 0.0385. The molecule has 0 aliphatic heterocycles. The van der Waals surface area contributed by atoms with Gasteiger partial charge >= 0.3 is 0 Å². The summed E-state index contributed by atoms with van der Waals surface area (Å²) in [5.74, 6) is 0.753. The van der Waals surface area contributed by atoms with Gasteiger partial charge in [0.2, 0.25) is 5.91 Å². The van der Waals surface area contributed by atoms with Crippen LogP contribution in [0.1, 0.15) is 11.3 Å². The zero-order chi connectivity index (χ0) is 24.5. The molecular weight excluding hydrogens is 507 g/mol. The van der Waals surface area contributed by atoms with Gasteiger partial charge in [0.1, 0.15) is 22.6 Å². The van der Waals surface area contributed by atoms with E-state index in [0.717, 1.165) is 11.3 Å². The maximum Gasteiger partial charge on any atom is 0.248 e. The molecule has 2 heterocycles. The van der Waals surface area contributed by atoms with Crippen LogP contribution in [-0.2, 0) is 4.79 Å². The average molecular weight is 524 g/mol. The Morgan fingerprint density at radius 1 is 0.971 bits per heavy atom. The van der Waals surface area contributed by atoms with Crippen LogP contribution in [0.4, 0.5) is 5.69 Å². The van der Waals surface area contributed by atoms with Crippen LogP contribution in [0.5, 0.6) is 0 Å². The Balaban J connectivity index is 1.32. The molecule has 3 aromatic carbocycles. The molecule has 174 valence electrons. The number of amides is 1. The molecule has 5 rings (SSSR count). The molecule has 0 radical (unpaired) electrons. The molecule has 0 spiro atoms. The number of rotatable bonds is 5. The van der Waals surface area contributed by atoms with E-state index in [2.05, 4.69) is 15.5 Å². The lowest BCUT2D eigenvalue weighted by Gasteiger charge is -2.05. The van der Waals surface area contributed by atoms with Gasteiger partial charge in [-0.3, -0.25) is 4.79 Å². The Kier molecular flexibility index (Phi) is 6.34. The Labute approximate surface area is 215 Å². The number of hydrogen-bond acceptors (Lipinski definition) is 4. The van der Waals surface area contributed by atoms with Crippen LogP contribution >= 0.6 is 34.8 Å². The van der Waals surface area contributed by atoms with Gasteiger partial charge in [0.15, 0.2) is 0 Å². The molecule has 35 heavy (non-hydrogen) atoms. The smallest absolute Gasteiger partial charge is 0.248 e. The summed E-state index contributed by atoms with van der Waals surface area (Å²) in [4.78, 5) is 14.1. The first-order chi connectivity index (χ1) is 16.9. The van der Waals surface area contributed by atoms with Gasteiger partial charge in [0, 0.05) is 22.3 Å². The molecule has 0 saturated heterocycles. The molecule has 1 N–H and O–H groups in total. The van der Waals surface area contributed by atoms with Crippen molar-refractivity contribution < 1.29 is 9.21 Å². The quantitative estimate of drug-likeness (QED) is 0.241. The standard InChI is InChI=1S/C26H17Cl3N4O2/c1-15-13-22-23(32-33(31-22)17-7-5-16(27)6-8-17)14-21(15)30-25(34)12-10-18-9-11-24(35-18)19-3-2-4-20(28)26(19)29/h2-14H,1H3,(H,30,34). The lowest BCUT2D eigenvalue weighted by Crippen LogP contribution is -2.08. The van der Waals surface area contributed by atoms with Crippen LogP contribution in [-0.4, -0.2) is 20.9 Å². The molecule has 9 heteroatoms. The van der Waals surface area contributed by atoms with Crippen molar-refractivity contribution in [3.8, 4) is 17.0 Å². The molecule has 2 aromatic heterocycles. The normalized spacial score (nSPS) is 11.4. The van der Waals surface area contributed by atoms with Crippen LogP contribution < -0.4 is 5.32 Å². The van der Waals surface area contributed by atoms with Crippen molar-refractivity contribution in [1.29, 1.82) is 0 Å². The molecule has 0 atom stereocenters. The van der Waals surface area contributed by atoms with Gasteiger partial charge in [-0.1, -0.05) is 40.9 Å². The van der Waals surface area contributed by atoms with Crippen LogP contribution in [0.2, 0.25) is 15.1 Å². The van der Waals surface area contributed by atoms with E-state index < -0.39 is 0 Å². The Morgan fingerprint density at radius 2 is 1.71 bits per heavy atom. The molecule has 6 nitrogen and oxygen atoms in total. The topological polar surface area (TPSA) is 73.0 Å². The van der Waals surface area contributed by atoms with Gasteiger partial charge in [-0.05, 0) is 79.2 Å². The number of anilines is 1. The minimum Gasteiger partial charge on any atom is -0.457 e. The van der Waals surface area contributed by atoms with E-state index in [4.69, 9.17) is 39.2 Å². The molecule has 5 aromatic rings. The van der Waals surface area contributed by atoms with Crippen LogP contribution in [0, 0.1) is 6.92 Å². The number of nitrogens with zero attached hydrogens (tertiary/aromatic N) is 3. The van der Waals surface area contributed by atoms with Crippen molar-refractivity contribution in [3.05, 3.63) is 99.2 Å². The highest BCUT2D eigenvalue weighted by Gasteiger charge is 2.12. The number of furan rings is 1. The van der Waals surface area contributed by atoms with Crippen molar-refractivity contribution in [1.82, 2.24) is 15.0 Å². The monoisotopic (exact) mass is 522 g/mol. The van der Waals surface area contributed by atoms with E-state index in [1.807, 2.05) is 31.2 Å². The van der Waals surface area contributed by atoms with E-state index in [-0.39, 0.29) is 5.91 Å². The number of carbonyl (C=O) groups excluding carboxylic acids is 1. The predicted molar refractivity (Wildman–Crippen MR) is 140 cm³/mol. The summed E-state index contributed by atoms with van der Waals surface area (Å²) in [5.41, 5.74) is 4.33. The van der Waals surface area contributed by atoms with E-state index in [0.29, 0.717) is 48.9 Å². The summed E-state index contributed by atoms with van der Waals surface area (Å²) in [6, 6.07) is 19.7. The number of aryl methyl sites for hydroxylation is 1. The minimum atomic E-state index is -0.309. The van der Waals surface area contributed by atoms with Crippen molar-refractivity contribution in [2.45, 2.75) is 6.92 Å². The molecule has 0 aliphatic rings. The largest absolute Gasteiger partial charge is 0.457 e. The second-order valence-corrected chi connectivity index (χ2v) is 8.97. The fourth-order valence-corrected chi connectivity index (χ4v) is 4.03. The number of nitrogens with one attached hydrogen (secondary N) is 1. The van der Waals surface area contributed by atoms with Crippen LogP contribution in [0.15, 0.2) is 77.2 Å². The number of aromatic nitrogens is 3. The number of carbonyl (C=O) groups is 1. The second-order valence-electron chi connectivity index (χ2n) is 7.75. The van der Waals surface area contributed by atoms with E-state index in [1.54, 1.807) is 48.5 Å². The molecule has 0 saturated carbocycles. The highest BCUT2D eigenvalue weighted by molar-refractivity contribution is 6.43. The highest BCUT2D eigenvalue weighted by Crippen LogP contribution is 2.34. The Morgan fingerprint density at radius 3 is 2.49 bits per heavy atom. The Hall–Kier alpha value is -3.58. The molecule has 0 fully saturated rings. The summed E-state index contributed by atoms with van der Waals surface area (Å²) in [7, 11) is 0. The molecule has 1 amide bonds. The molecule has 0 unspecified atom stereocenters. The first-order valence-corrected chi connectivity index (χ1v) is 11.7. The summed E-state index contributed by atoms with van der Waals surface area (Å²) in [6.45, 7) is 1.90. The van der Waals surface area contributed by atoms with E-state index in [1.165, 1.54) is 10.9 Å². The third kappa shape index (κ3) is 4.95. The lowest BCUT2D eigenvalue weighted by atomic mass is 10.1. The second kappa shape index (κ2) is 9.58. The van der Waals surface area contributed by atoms with Crippen molar-refractivity contribution >= 4 is 63.5 Å². The number of fused-ring (bicyclic) bond motifs is 1. The first-order valence-electron chi connectivity index (χ1n) is 10.5. The summed E-state index contributed by atoms with van der Waals surface area (Å²) in [5, 5.41) is 13.4. The van der Waals surface area contributed by atoms with Gasteiger partial charge in [0.05, 0.1) is 15.7 Å². The number of halogens is 3. The summed E-state index contributed by atoms with van der Waals surface area (Å²) < 4.78 is 5.80. The third-order valence-corrected chi connectivity index (χ3v) is 6.36. The van der Waals surface area contributed by atoms with Gasteiger partial charge in [-0.25, -0.2) is 0 Å². The highest BCUT2D eigenvalue weighted by atomic mass is 35.5. The fourth-order valence-electron chi connectivity index (χ4n) is 3.51. The van der Waals surface area contributed by atoms with Gasteiger partial charge in [-0.15, -0.1) is 10.2 Å². The number of hydrogen-bond donors (Lipinski definition) is 1. The predicted octanol–water partition coefficient (Wildman–Crippen LogP) is 7.60. The van der Waals surface area contributed by atoms with Crippen LogP contribution in [0.3, 0.4) is 0 Å². The minimum absolute atomic E-state index is 0.309. The zero-order valence-corrected chi connectivity index (χ0v) is 20.6. The summed E-state index contributed by atoms with van der Waals surface area (Å²) in [6.07, 6.45) is 2.98. The van der Waals surface area contributed by atoms with Gasteiger partial charge in [-0.2, -0.15) is 4.80 Å². The SMILES string of the molecule is Cc1cc2nn(-c3ccc(Cl)cc3)nc2cc1NC(=O)C=Cc1ccc(-c2cccc(Cl)c2Cl)o1. The third-order valence-electron chi connectivity index (χ3n) is 5.28. The van der Waals surface area contributed by atoms with E-state index >= 15 is 0 Å². The van der Waals surface area contributed by atoms with Crippen molar-refractivity contribution in [2.24, 2.45) is 0 Å². The summed E-state index contributed by atoms with van der Waals surface area (Å²) >= 11 is 18.3. The van der Waals surface area contributed by atoms with Crippen molar-refractivity contribution in [2.75, 3.05) is 5.32 Å². The molecular formula is C26H17Cl3N4O2. The van der Waals surface area contributed by atoms with Crippen molar-refractivity contribution in [3.63, 3.8) is 0 Å². The number of benzene rings is 3. The van der Waals surface area contributed by atoms with Crippen LogP contribution in [0.25, 0.3) is 34.1 Å². The van der Waals surface area contributed by atoms with Gasteiger partial charge in [0.25, 0.3) is 0 Å².